The average molecular weight is 557 g/mol. The lowest BCUT2D eigenvalue weighted by Gasteiger charge is -2.35. The van der Waals surface area contributed by atoms with Gasteiger partial charge in [0.1, 0.15) is 0 Å². The molecule has 0 bridgehead atoms. The van der Waals surface area contributed by atoms with Gasteiger partial charge >= 0.3 is 0 Å². The van der Waals surface area contributed by atoms with Gasteiger partial charge in [-0.05, 0) is 112 Å². The fourth-order valence-electron chi connectivity index (χ4n) is 6.92. The normalized spacial score (nSPS) is 17.4. The van der Waals surface area contributed by atoms with Crippen LogP contribution in [0.15, 0.2) is 90.2 Å². The Bertz CT molecular complexity index is 1680. The number of likely N-dealkylation sites (tertiary alicyclic amines) is 1. The molecule has 0 atom stereocenters. The zero-order valence-electron chi connectivity index (χ0n) is 24.5. The Balaban J connectivity index is 1.26. The monoisotopic (exact) mass is 556 g/mol. The number of benzene rings is 3. The number of pyridine rings is 1. The highest BCUT2D eigenvalue weighted by atomic mass is 15.2. The van der Waals surface area contributed by atoms with E-state index in [9.17, 15) is 0 Å². The maximum absolute atomic E-state index is 5.24. The second kappa shape index (κ2) is 12.1. The van der Waals surface area contributed by atoms with E-state index in [1.165, 1.54) is 57.2 Å². The molecular weight excluding hydrogens is 516 g/mol. The van der Waals surface area contributed by atoms with Crippen LogP contribution in [0.1, 0.15) is 50.5 Å². The van der Waals surface area contributed by atoms with E-state index >= 15 is 0 Å². The topological polar surface area (TPSA) is 58.3 Å². The van der Waals surface area contributed by atoms with E-state index in [1.54, 1.807) is 6.20 Å². The van der Waals surface area contributed by atoms with Gasteiger partial charge in [0.15, 0.2) is 0 Å². The Hall–Kier alpha value is -4.03. The highest BCUT2D eigenvalue weighted by Gasteiger charge is 2.27. The molecule has 0 spiro atoms. The van der Waals surface area contributed by atoms with E-state index in [0.29, 0.717) is 0 Å². The molecule has 0 unspecified atom stereocenters. The standard InChI is InChI=1S/C36H40N6/c1-26-13-14-31-35(22-26)42(30-11-3-2-4-12-30)36-24-32(33(23-34(36)40-31)39-28-8-7-18-37-25-28)38-19-15-27-16-20-41(21-17-27)29-9-5-6-10-29/h2-4,7-8,11-14,18,22-25,27,29,39H,5-6,9-10,15-17,19-21H2,1H3. The summed E-state index contributed by atoms with van der Waals surface area (Å²) < 4.78 is 2.33. The summed E-state index contributed by atoms with van der Waals surface area (Å²) in [5.74, 6) is 0.754. The zero-order valence-corrected chi connectivity index (χ0v) is 24.5. The molecule has 1 saturated carbocycles. The van der Waals surface area contributed by atoms with Crippen molar-refractivity contribution in [3.63, 3.8) is 0 Å². The van der Waals surface area contributed by atoms with E-state index < -0.39 is 0 Å². The van der Waals surface area contributed by atoms with Crippen molar-refractivity contribution in [1.29, 1.82) is 0 Å². The molecule has 1 saturated heterocycles. The van der Waals surface area contributed by atoms with Crippen LogP contribution < -0.4 is 10.7 Å². The van der Waals surface area contributed by atoms with Crippen molar-refractivity contribution in [2.45, 2.75) is 57.9 Å². The number of hydrogen-bond acceptors (Lipinski definition) is 5. The van der Waals surface area contributed by atoms with Crippen LogP contribution >= 0.6 is 0 Å². The first-order valence-electron chi connectivity index (χ1n) is 15.7. The number of fused-ring (bicyclic) bond motifs is 2. The summed E-state index contributed by atoms with van der Waals surface area (Å²) in [7, 11) is 0. The van der Waals surface area contributed by atoms with Crippen molar-refractivity contribution in [1.82, 2.24) is 19.4 Å². The minimum atomic E-state index is 0.754. The number of nitrogens with one attached hydrogen (secondary N) is 1. The van der Waals surface area contributed by atoms with Gasteiger partial charge in [-0.1, -0.05) is 37.1 Å². The highest BCUT2D eigenvalue weighted by Crippen LogP contribution is 2.32. The summed E-state index contributed by atoms with van der Waals surface area (Å²) in [5.41, 5.74) is 8.30. The smallest absolute Gasteiger partial charge is 0.0900 e. The average Bonchev–Trinajstić information content (AvgIpc) is 3.57. The van der Waals surface area contributed by atoms with Crippen molar-refractivity contribution in [2.24, 2.45) is 10.9 Å². The summed E-state index contributed by atoms with van der Waals surface area (Å²) in [5, 5.41) is 4.56. The fraction of sp³-hybridized carbons (Fsp3) is 0.361. The Morgan fingerprint density at radius 1 is 0.905 bits per heavy atom. The highest BCUT2D eigenvalue weighted by molar-refractivity contribution is 5.84. The van der Waals surface area contributed by atoms with E-state index in [-0.39, 0.29) is 0 Å². The van der Waals surface area contributed by atoms with Crippen LogP contribution in [0.25, 0.3) is 28.1 Å². The molecule has 6 heteroatoms. The lowest BCUT2D eigenvalue weighted by atomic mass is 9.92. The molecule has 2 aliphatic heterocycles. The largest absolute Gasteiger partial charge is 0.352 e. The summed E-state index contributed by atoms with van der Waals surface area (Å²) in [6.45, 7) is 5.48. The molecule has 2 aromatic carbocycles. The Morgan fingerprint density at radius 3 is 2.52 bits per heavy atom. The number of rotatable bonds is 7. The minimum Gasteiger partial charge on any atom is -0.352 e. The molecule has 1 aromatic heterocycles. The third-order valence-electron chi connectivity index (χ3n) is 9.21. The molecule has 7 rings (SSSR count). The van der Waals surface area contributed by atoms with Crippen LogP contribution in [0.5, 0.6) is 0 Å². The predicted octanol–water partition coefficient (Wildman–Crippen LogP) is 7.52. The molecule has 3 aromatic rings. The molecule has 3 heterocycles. The van der Waals surface area contributed by atoms with Gasteiger partial charge in [0, 0.05) is 24.5 Å². The van der Waals surface area contributed by atoms with Crippen molar-refractivity contribution in [3.8, 4) is 17.1 Å². The van der Waals surface area contributed by atoms with E-state index in [1.807, 2.05) is 18.3 Å². The number of piperidine rings is 1. The van der Waals surface area contributed by atoms with Gasteiger partial charge in [0.05, 0.1) is 45.4 Å². The minimum absolute atomic E-state index is 0.754. The molecular formula is C36H40N6. The number of nitrogens with zero attached hydrogens (tertiary/aromatic N) is 5. The van der Waals surface area contributed by atoms with Gasteiger partial charge < -0.3 is 14.8 Å². The van der Waals surface area contributed by atoms with E-state index in [4.69, 9.17) is 9.98 Å². The number of aromatic nitrogens is 3. The van der Waals surface area contributed by atoms with Gasteiger partial charge in [0.2, 0.25) is 0 Å². The van der Waals surface area contributed by atoms with Gasteiger partial charge in [-0.2, -0.15) is 0 Å². The lowest BCUT2D eigenvalue weighted by Crippen LogP contribution is -2.40. The first kappa shape index (κ1) is 26.8. The van der Waals surface area contributed by atoms with E-state index in [0.717, 1.165) is 69.8 Å². The van der Waals surface area contributed by atoms with Crippen LogP contribution in [0.3, 0.4) is 0 Å². The van der Waals surface area contributed by atoms with Crippen molar-refractivity contribution in [2.75, 3.05) is 25.0 Å². The van der Waals surface area contributed by atoms with Gasteiger partial charge in [-0.3, -0.25) is 9.98 Å². The number of hydrogen-bond donors (Lipinski definition) is 1. The molecule has 1 N–H and O–H groups in total. The molecule has 2 aliphatic carbocycles. The second-order valence-corrected chi connectivity index (χ2v) is 12.1. The van der Waals surface area contributed by atoms with Gasteiger partial charge in [-0.15, -0.1) is 0 Å². The third kappa shape index (κ3) is 5.68. The fourth-order valence-corrected chi connectivity index (χ4v) is 6.92. The molecule has 42 heavy (non-hydrogen) atoms. The second-order valence-electron chi connectivity index (χ2n) is 12.1. The summed E-state index contributed by atoms with van der Waals surface area (Å²) in [6.07, 6.45) is 13.0. The SMILES string of the molecule is Cc1ccc2nc3cc(Nc4cccnc4)c(=NCCC4CCN(C5CCCC5)CC4)cc-3n(-c3ccccc3)c2c1. The first-order valence-corrected chi connectivity index (χ1v) is 15.7. The van der Waals surface area contributed by atoms with Crippen LogP contribution in [0, 0.1) is 12.8 Å². The number of anilines is 2. The van der Waals surface area contributed by atoms with Gasteiger partial charge in [0.25, 0.3) is 0 Å². The Kier molecular flexibility index (Phi) is 7.71. The first-order chi connectivity index (χ1) is 20.7. The predicted molar refractivity (Wildman–Crippen MR) is 172 cm³/mol. The van der Waals surface area contributed by atoms with Crippen molar-refractivity contribution >= 4 is 22.4 Å². The van der Waals surface area contributed by atoms with Crippen LogP contribution in [0.4, 0.5) is 11.4 Å². The summed E-state index contributed by atoms with van der Waals surface area (Å²) >= 11 is 0. The zero-order chi connectivity index (χ0) is 28.3. The molecule has 2 fully saturated rings. The van der Waals surface area contributed by atoms with E-state index in [2.05, 4.69) is 87.4 Å². The van der Waals surface area contributed by atoms with Crippen LogP contribution in [-0.4, -0.2) is 45.1 Å². The quantitative estimate of drug-likeness (QED) is 0.211. The van der Waals surface area contributed by atoms with Crippen molar-refractivity contribution < 1.29 is 0 Å². The molecule has 0 amide bonds. The number of aryl methyl sites for hydroxylation is 1. The maximum atomic E-state index is 5.24. The van der Waals surface area contributed by atoms with Gasteiger partial charge in [-0.25, -0.2) is 4.98 Å². The molecule has 214 valence electrons. The maximum Gasteiger partial charge on any atom is 0.0900 e. The summed E-state index contributed by atoms with van der Waals surface area (Å²) in [6, 6.07) is 26.3. The third-order valence-corrected chi connectivity index (χ3v) is 9.21. The van der Waals surface area contributed by atoms with Crippen LogP contribution in [-0.2, 0) is 0 Å². The molecule has 6 nitrogen and oxygen atoms in total. The lowest BCUT2D eigenvalue weighted by molar-refractivity contribution is 0.132. The Morgan fingerprint density at radius 2 is 1.74 bits per heavy atom. The Labute approximate surface area is 248 Å². The number of para-hydroxylation sites is 1. The van der Waals surface area contributed by atoms with Crippen molar-refractivity contribution in [3.05, 3.63) is 96.1 Å². The summed E-state index contributed by atoms with van der Waals surface area (Å²) in [4.78, 5) is 17.4. The molecule has 4 aliphatic rings. The molecule has 0 radical (unpaired) electrons. The van der Waals surface area contributed by atoms with Crippen LogP contribution in [0.2, 0.25) is 0 Å².